The first kappa shape index (κ1) is 58.8. The van der Waals surface area contributed by atoms with Crippen molar-refractivity contribution in [3.8, 4) is 0 Å². The van der Waals surface area contributed by atoms with E-state index < -0.39 is 58.7 Å². The Bertz CT molecular complexity index is 3340. The number of rotatable bonds is 15. The predicted octanol–water partition coefficient (Wildman–Crippen LogP) is 8.85. The normalized spacial score (nSPS) is 22.7. The maximum atomic E-state index is 14.2. The van der Waals surface area contributed by atoms with E-state index in [0.717, 1.165) is 137 Å². The van der Waals surface area contributed by atoms with Crippen molar-refractivity contribution in [2.24, 2.45) is 11.3 Å². The Morgan fingerprint density at radius 3 is 2.14 bits per heavy atom. The number of imide groups is 1. The number of sulfonamides is 1. The van der Waals surface area contributed by atoms with E-state index in [9.17, 15) is 49.2 Å². The third-order valence-corrected chi connectivity index (χ3v) is 20.9. The summed E-state index contributed by atoms with van der Waals surface area (Å²) in [5, 5.41) is 5.94. The number of carbonyl (C=O) groups excluding carboxylic acids is 4. The molecule has 16 nitrogen and oxygen atoms in total. The first-order valence-electron chi connectivity index (χ1n) is 27.6. The van der Waals surface area contributed by atoms with E-state index in [2.05, 4.69) is 72.1 Å². The monoisotopic (exact) mass is 1240 g/mol. The van der Waals surface area contributed by atoms with E-state index in [4.69, 9.17) is 11.6 Å². The topological polar surface area (TPSA) is 189 Å². The number of nitrogens with one attached hydrogen (secondary N) is 3. The second-order valence-electron chi connectivity index (χ2n) is 23.2. The first-order valence-corrected chi connectivity index (χ1v) is 31.8. The lowest BCUT2D eigenvalue weighted by Crippen LogP contribution is -2.52. The molecule has 4 aromatic carbocycles. The van der Waals surface area contributed by atoms with Gasteiger partial charge in [-0.15, -0.1) is 0 Å². The number of anilines is 2. The predicted molar refractivity (Wildman–Crippen MR) is 307 cm³/mol. The average molecular weight is 1240 g/mol. The summed E-state index contributed by atoms with van der Waals surface area (Å²) in [5.41, 5.74) is 1.27. The van der Waals surface area contributed by atoms with Crippen molar-refractivity contribution < 1.29 is 49.2 Å². The van der Waals surface area contributed by atoms with E-state index in [0.29, 0.717) is 23.2 Å². The molecule has 0 aromatic heterocycles. The van der Waals surface area contributed by atoms with Gasteiger partial charge in [-0.2, -0.15) is 13.2 Å². The van der Waals surface area contributed by atoms with Crippen LogP contribution in [-0.2, 0) is 42.5 Å². The maximum absolute atomic E-state index is 14.2. The number of hydrogen-bond donors (Lipinski definition) is 3. The van der Waals surface area contributed by atoms with Crippen LogP contribution in [0.3, 0.4) is 0 Å². The minimum absolute atomic E-state index is 0.00124. The van der Waals surface area contributed by atoms with Crippen LogP contribution in [0, 0.1) is 11.3 Å². The highest BCUT2D eigenvalue weighted by molar-refractivity contribution is 9.10. The van der Waals surface area contributed by atoms with Gasteiger partial charge in [0.05, 0.1) is 10.6 Å². The van der Waals surface area contributed by atoms with Gasteiger partial charge < -0.3 is 15.1 Å². The van der Waals surface area contributed by atoms with Crippen LogP contribution in [-0.4, -0.2) is 143 Å². The van der Waals surface area contributed by atoms with Crippen molar-refractivity contribution in [1.82, 2.24) is 29.6 Å². The highest BCUT2D eigenvalue weighted by Gasteiger charge is 2.49. The molecule has 4 amide bonds. The van der Waals surface area contributed by atoms with Crippen molar-refractivity contribution in [2.75, 3.05) is 75.7 Å². The number of piperazine rings is 2. The number of halogens is 5. The van der Waals surface area contributed by atoms with Crippen molar-refractivity contribution in [3.63, 3.8) is 0 Å². The molecule has 23 heteroatoms. The number of sulfone groups is 1. The fraction of sp³-hybridized carbons (Fsp3) is 0.483. The van der Waals surface area contributed by atoms with Gasteiger partial charge in [-0.3, -0.25) is 39.2 Å². The molecule has 4 heterocycles. The fourth-order valence-corrected chi connectivity index (χ4v) is 15.3. The molecule has 0 bridgehead atoms. The van der Waals surface area contributed by atoms with Gasteiger partial charge in [0, 0.05) is 117 Å². The first-order chi connectivity index (χ1) is 38.4. The van der Waals surface area contributed by atoms with Gasteiger partial charge in [0.1, 0.15) is 10.9 Å². The zero-order valence-corrected chi connectivity index (χ0v) is 49.3. The molecule has 2 aliphatic carbocycles. The molecule has 1 unspecified atom stereocenters. The average Bonchev–Trinajstić information content (AvgIpc) is 3.84. The SMILES string of the molecule is CC1(C)CCC(c2ccc(Cl)cc2)=C(CN2CCN(c3ccc(C(=O)NS(=O)(=O)c4ccc(NC[C@H]5CC[C@H](N6CCN(Cc7cc(Br)c8c(c7)C(=O)N(C7CCC(=O)NC7=O)C8)CC6)CC5)c(S(=O)(=O)C(F)(F)F)c4)cc3)CC2)C1. The van der Waals surface area contributed by atoms with E-state index in [1.54, 1.807) is 12.1 Å². The van der Waals surface area contributed by atoms with Crippen molar-refractivity contribution in [3.05, 3.63) is 122 Å². The summed E-state index contributed by atoms with van der Waals surface area (Å²) in [7, 11) is -10.9. The van der Waals surface area contributed by atoms with Crippen LogP contribution in [0.1, 0.15) is 109 Å². The molecular weight excluding hydrogens is 1170 g/mol. The van der Waals surface area contributed by atoms with Crippen LogP contribution in [0.4, 0.5) is 24.5 Å². The Morgan fingerprint density at radius 2 is 1.47 bits per heavy atom. The number of alkyl halides is 3. The number of allylic oxidation sites excluding steroid dienone is 1. The molecular formula is C58H67BrClF3N8O8S2. The van der Waals surface area contributed by atoms with Gasteiger partial charge in [0.2, 0.25) is 11.8 Å². The van der Waals surface area contributed by atoms with Crippen LogP contribution < -0.4 is 20.3 Å². The molecule has 3 saturated heterocycles. The number of nitrogens with zero attached hydrogens (tertiary/aromatic N) is 5. The second-order valence-corrected chi connectivity index (χ2v) is 28.0. The van der Waals surface area contributed by atoms with Crippen molar-refractivity contribution in [2.45, 2.75) is 112 Å². The number of carbonyl (C=O) groups is 4. The maximum Gasteiger partial charge on any atom is 0.501 e. The van der Waals surface area contributed by atoms with Gasteiger partial charge >= 0.3 is 5.51 Å². The second kappa shape index (κ2) is 23.7. The fourth-order valence-electron chi connectivity index (χ4n) is 12.5. The smallest absolute Gasteiger partial charge is 0.384 e. The van der Waals surface area contributed by atoms with Gasteiger partial charge in [-0.25, -0.2) is 21.6 Å². The lowest BCUT2D eigenvalue weighted by Gasteiger charge is -2.42. The lowest BCUT2D eigenvalue weighted by molar-refractivity contribution is -0.136. The molecule has 4 fully saturated rings. The van der Waals surface area contributed by atoms with Gasteiger partial charge in [-0.1, -0.05) is 59.1 Å². The van der Waals surface area contributed by atoms with Gasteiger partial charge in [-0.05, 0) is 152 Å². The van der Waals surface area contributed by atoms with E-state index in [1.807, 2.05) is 29.0 Å². The Kier molecular flexibility index (Phi) is 17.2. The lowest BCUT2D eigenvalue weighted by atomic mass is 9.73. The summed E-state index contributed by atoms with van der Waals surface area (Å²) >= 11 is 9.85. The quantitative estimate of drug-likeness (QED) is 0.0959. The molecule has 0 spiro atoms. The number of benzene rings is 4. The Morgan fingerprint density at radius 1 is 0.802 bits per heavy atom. The number of hydrogen-bond acceptors (Lipinski definition) is 13. The summed E-state index contributed by atoms with van der Waals surface area (Å²) in [6.07, 6.45) is 6.70. The van der Waals surface area contributed by atoms with E-state index >= 15 is 0 Å². The molecule has 1 atom stereocenters. The molecule has 10 rings (SSSR count). The van der Waals surface area contributed by atoms with Gasteiger partial charge in [0.25, 0.3) is 31.7 Å². The molecule has 4 aliphatic heterocycles. The molecule has 0 radical (unpaired) electrons. The zero-order valence-electron chi connectivity index (χ0n) is 45.3. The number of fused-ring (bicyclic) bond motifs is 1. The van der Waals surface area contributed by atoms with E-state index in [1.165, 1.54) is 33.7 Å². The summed E-state index contributed by atoms with van der Waals surface area (Å²) in [5.74, 6) is -2.05. The Hall–Kier alpha value is -5.36. The molecule has 4 aromatic rings. The summed E-state index contributed by atoms with van der Waals surface area (Å²) < 4.78 is 98.5. The highest BCUT2D eigenvalue weighted by atomic mass is 79.9. The van der Waals surface area contributed by atoms with Crippen LogP contribution >= 0.6 is 27.5 Å². The minimum Gasteiger partial charge on any atom is -0.384 e. The molecule has 434 valence electrons. The Labute approximate surface area is 484 Å². The van der Waals surface area contributed by atoms with Crippen molar-refractivity contribution >= 4 is 88.0 Å². The number of amides is 4. The third kappa shape index (κ3) is 13.2. The minimum atomic E-state index is -6.04. The van der Waals surface area contributed by atoms with Crippen LogP contribution in [0.15, 0.2) is 98.7 Å². The van der Waals surface area contributed by atoms with Gasteiger partial charge in [0.15, 0.2) is 0 Å². The molecule has 3 N–H and O–H groups in total. The summed E-state index contributed by atoms with van der Waals surface area (Å²) in [6, 6.07) is 20.4. The highest BCUT2D eigenvalue weighted by Crippen LogP contribution is 2.43. The number of piperidine rings is 1. The third-order valence-electron chi connectivity index (χ3n) is 17.1. The Balaban J connectivity index is 0.701. The van der Waals surface area contributed by atoms with Crippen LogP contribution in [0.25, 0.3) is 5.57 Å². The summed E-state index contributed by atoms with van der Waals surface area (Å²) in [4.78, 5) is 60.0. The zero-order chi connectivity index (χ0) is 57.6. The van der Waals surface area contributed by atoms with Crippen molar-refractivity contribution in [1.29, 1.82) is 0 Å². The van der Waals surface area contributed by atoms with E-state index in [-0.39, 0.29) is 60.7 Å². The molecule has 6 aliphatic rings. The standard InChI is InChI=1S/C58H67BrClF3N8O8S2/c1-57(2)20-19-46(39-5-9-42(60)10-6-39)41(32-57)35-68-23-27-70(28-24-68)44-13-7-40(8-14-44)54(73)66-81(78,79)45-15-16-50(52(31-45)80(76,77)58(61,62)63)64-33-37-3-11-43(12-4-37)69-25-21-67(22-26-69)34-38-29-47-48(49(59)30-38)36-71(56(47)75)51-17-18-53(72)65-55(51)74/h5-10,13-16,29-31,37,43,51,64H,3-4,11-12,17-28,32-36H2,1-2H3,(H,66,73)(H,65,72,74)/t37-,43-,51?. The molecule has 1 saturated carbocycles. The largest absolute Gasteiger partial charge is 0.501 e. The molecule has 81 heavy (non-hydrogen) atoms. The van der Waals surface area contributed by atoms with Crippen LogP contribution in [0.2, 0.25) is 5.02 Å². The van der Waals surface area contributed by atoms with Crippen LogP contribution in [0.5, 0.6) is 0 Å². The summed E-state index contributed by atoms with van der Waals surface area (Å²) in [6.45, 7) is 12.8.